The van der Waals surface area contributed by atoms with E-state index in [1.807, 2.05) is 7.11 Å². The van der Waals surface area contributed by atoms with E-state index in [9.17, 15) is 0 Å². The lowest BCUT2D eigenvalue weighted by Gasteiger charge is -2.41. The molecule has 0 N–H and O–H groups in total. The largest absolute Gasteiger partial charge is 0.376 e. The first-order valence-electron chi connectivity index (χ1n) is 6.99. The van der Waals surface area contributed by atoms with E-state index in [2.05, 4.69) is 24.3 Å². The van der Waals surface area contributed by atoms with E-state index in [-0.39, 0.29) is 0 Å². The molecule has 5 atom stereocenters. The summed E-state index contributed by atoms with van der Waals surface area (Å²) in [6.07, 6.45) is 6.09. The lowest BCUT2D eigenvalue weighted by Crippen LogP contribution is -2.34. The quantitative estimate of drug-likeness (QED) is 0.713. The van der Waals surface area contributed by atoms with Crippen LogP contribution in [0.2, 0.25) is 0 Å². The SMILES string of the molecule is CO[C@@H]1c2ccccc2C[C@@H]2[C@H]3CC[C@H](C3)[C@@H]21. The van der Waals surface area contributed by atoms with Crippen LogP contribution in [0.25, 0.3) is 0 Å². The summed E-state index contributed by atoms with van der Waals surface area (Å²) in [6, 6.07) is 8.94. The van der Waals surface area contributed by atoms with Gasteiger partial charge in [-0.2, -0.15) is 0 Å². The molecule has 0 spiro atoms. The van der Waals surface area contributed by atoms with E-state index < -0.39 is 0 Å². The Morgan fingerprint density at radius 2 is 1.94 bits per heavy atom. The van der Waals surface area contributed by atoms with Crippen LogP contribution >= 0.6 is 0 Å². The molecule has 0 aromatic heterocycles. The van der Waals surface area contributed by atoms with Gasteiger partial charge in [-0.3, -0.25) is 0 Å². The molecule has 1 heteroatoms. The van der Waals surface area contributed by atoms with Crippen molar-refractivity contribution in [3.8, 4) is 0 Å². The Hall–Kier alpha value is -0.820. The average molecular weight is 228 g/mol. The highest BCUT2D eigenvalue weighted by Gasteiger charge is 2.52. The van der Waals surface area contributed by atoms with Crippen LogP contribution in [-0.2, 0) is 11.2 Å². The smallest absolute Gasteiger partial charge is 0.0857 e. The molecule has 3 aliphatic rings. The fourth-order valence-corrected chi connectivity index (χ4v) is 4.97. The molecule has 4 rings (SSSR count). The zero-order valence-corrected chi connectivity index (χ0v) is 10.4. The molecular weight excluding hydrogens is 208 g/mol. The number of hydrogen-bond donors (Lipinski definition) is 0. The third kappa shape index (κ3) is 1.29. The summed E-state index contributed by atoms with van der Waals surface area (Å²) in [6.45, 7) is 0. The lowest BCUT2D eigenvalue weighted by molar-refractivity contribution is -0.00810. The molecular formula is C16H20O. The van der Waals surface area contributed by atoms with Crippen molar-refractivity contribution in [2.45, 2.75) is 31.8 Å². The Kier molecular flexibility index (Phi) is 2.14. The summed E-state index contributed by atoms with van der Waals surface area (Å²) in [5, 5.41) is 0. The summed E-state index contributed by atoms with van der Waals surface area (Å²) in [7, 11) is 1.90. The molecule has 3 aliphatic carbocycles. The number of hydrogen-bond acceptors (Lipinski definition) is 1. The molecule has 0 aliphatic heterocycles. The third-order valence-electron chi connectivity index (χ3n) is 5.58. The van der Waals surface area contributed by atoms with Gasteiger partial charge in [-0.1, -0.05) is 24.3 Å². The van der Waals surface area contributed by atoms with Crippen LogP contribution in [-0.4, -0.2) is 7.11 Å². The molecule has 2 fully saturated rings. The van der Waals surface area contributed by atoms with E-state index in [0.717, 1.165) is 23.7 Å². The van der Waals surface area contributed by atoms with Crippen molar-refractivity contribution >= 4 is 0 Å². The highest BCUT2D eigenvalue weighted by molar-refractivity contribution is 5.34. The predicted octanol–water partition coefficient (Wildman–Crippen LogP) is 3.59. The second-order valence-electron chi connectivity index (χ2n) is 6.13. The number of fused-ring (bicyclic) bond motifs is 6. The van der Waals surface area contributed by atoms with E-state index in [1.165, 1.54) is 31.2 Å². The first kappa shape index (κ1) is 10.1. The zero-order valence-electron chi connectivity index (χ0n) is 10.4. The van der Waals surface area contributed by atoms with Gasteiger partial charge >= 0.3 is 0 Å². The summed E-state index contributed by atoms with van der Waals surface area (Å²) in [5.74, 6) is 3.67. The molecule has 1 aromatic rings. The van der Waals surface area contributed by atoms with E-state index in [0.29, 0.717) is 6.10 Å². The topological polar surface area (TPSA) is 9.23 Å². The molecule has 1 aromatic carbocycles. The van der Waals surface area contributed by atoms with E-state index in [1.54, 1.807) is 5.56 Å². The molecule has 17 heavy (non-hydrogen) atoms. The van der Waals surface area contributed by atoms with Gasteiger partial charge in [-0.15, -0.1) is 0 Å². The van der Waals surface area contributed by atoms with Gasteiger partial charge in [0.05, 0.1) is 6.10 Å². The van der Waals surface area contributed by atoms with Crippen molar-refractivity contribution in [2.75, 3.05) is 7.11 Å². The van der Waals surface area contributed by atoms with Crippen LogP contribution in [0.4, 0.5) is 0 Å². The maximum atomic E-state index is 5.88. The minimum absolute atomic E-state index is 0.375. The first-order chi connectivity index (χ1) is 8.38. The molecule has 0 radical (unpaired) electrons. The molecule has 0 unspecified atom stereocenters. The Balaban J connectivity index is 1.80. The lowest BCUT2D eigenvalue weighted by atomic mass is 9.67. The first-order valence-corrected chi connectivity index (χ1v) is 6.99. The molecule has 2 bridgehead atoms. The number of benzene rings is 1. The fraction of sp³-hybridized carbons (Fsp3) is 0.625. The van der Waals surface area contributed by atoms with E-state index >= 15 is 0 Å². The second kappa shape index (κ2) is 3.58. The van der Waals surface area contributed by atoms with E-state index in [4.69, 9.17) is 4.74 Å². The van der Waals surface area contributed by atoms with Gasteiger partial charge in [0.25, 0.3) is 0 Å². The van der Waals surface area contributed by atoms with Crippen molar-refractivity contribution in [3.63, 3.8) is 0 Å². The minimum Gasteiger partial charge on any atom is -0.376 e. The molecule has 90 valence electrons. The normalized spacial score (nSPS) is 42.3. The van der Waals surface area contributed by atoms with Crippen LogP contribution in [0.5, 0.6) is 0 Å². The standard InChI is InChI=1S/C16H20O/c1-17-16-13-5-3-2-4-10(13)9-14-11-6-7-12(8-11)15(14)16/h2-5,11-12,14-16H,6-9H2,1H3/t11-,12+,14+,15-,16+/m0/s1. The van der Waals surface area contributed by atoms with Crippen molar-refractivity contribution < 1.29 is 4.74 Å². The average Bonchev–Trinajstić information content (AvgIpc) is 2.97. The third-order valence-corrected chi connectivity index (χ3v) is 5.58. The maximum absolute atomic E-state index is 5.88. The second-order valence-corrected chi connectivity index (χ2v) is 6.13. The molecule has 0 saturated heterocycles. The van der Waals surface area contributed by atoms with Gasteiger partial charge in [0, 0.05) is 7.11 Å². The van der Waals surface area contributed by atoms with Crippen LogP contribution in [0.15, 0.2) is 24.3 Å². The Bertz CT molecular complexity index is 439. The predicted molar refractivity (Wildman–Crippen MR) is 67.7 cm³/mol. The van der Waals surface area contributed by atoms with Gasteiger partial charge in [-0.25, -0.2) is 0 Å². The molecule has 0 amide bonds. The molecule has 2 saturated carbocycles. The monoisotopic (exact) mass is 228 g/mol. The van der Waals surface area contributed by atoms with Crippen LogP contribution in [0, 0.1) is 23.7 Å². The Labute approximate surface area is 103 Å². The molecule has 0 heterocycles. The number of rotatable bonds is 1. The summed E-state index contributed by atoms with van der Waals surface area (Å²) in [4.78, 5) is 0. The van der Waals surface area contributed by atoms with Gasteiger partial charge in [-0.05, 0) is 60.5 Å². The van der Waals surface area contributed by atoms with Gasteiger partial charge < -0.3 is 4.74 Å². The fourth-order valence-electron chi connectivity index (χ4n) is 4.97. The van der Waals surface area contributed by atoms with Crippen LogP contribution in [0.3, 0.4) is 0 Å². The Morgan fingerprint density at radius 1 is 1.12 bits per heavy atom. The number of ether oxygens (including phenoxy) is 1. The van der Waals surface area contributed by atoms with Gasteiger partial charge in [0.1, 0.15) is 0 Å². The van der Waals surface area contributed by atoms with Crippen LogP contribution < -0.4 is 0 Å². The van der Waals surface area contributed by atoms with Crippen molar-refractivity contribution in [3.05, 3.63) is 35.4 Å². The zero-order chi connectivity index (χ0) is 11.4. The van der Waals surface area contributed by atoms with Gasteiger partial charge in [0.2, 0.25) is 0 Å². The Morgan fingerprint density at radius 3 is 2.82 bits per heavy atom. The maximum Gasteiger partial charge on any atom is 0.0857 e. The summed E-state index contributed by atoms with van der Waals surface area (Å²) < 4.78 is 5.88. The van der Waals surface area contributed by atoms with Gasteiger partial charge in [0.15, 0.2) is 0 Å². The highest BCUT2D eigenvalue weighted by Crippen LogP contribution is 2.60. The summed E-state index contributed by atoms with van der Waals surface area (Å²) >= 11 is 0. The summed E-state index contributed by atoms with van der Waals surface area (Å²) in [5.41, 5.74) is 3.02. The van der Waals surface area contributed by atoms with Crippen LogP contribution in [0.1, 0.15) is 36.5 Å². The van der Waals surface area contributed by atoms with Crippen molar-refractivity contribution in [1.29, 1.82) is 0 Å². The van der Waals surface area contributed by atoms with Crippen molar-refractivity contribution in [2.24, 2.45) is 23.7 Å². The minimum atomic E-state index is 0.375. The van der Waals surface area contributed by atoms with Crippen molar-refractivity contribution in [1.82, 2.24) is 0 Å². The number of methoxy groups -OCH3 is 1. The highest BCUT2D eigenvalue weighted by atomic mass is 16.5. The molecule has 1 nitrogen and oxygen atoms in total.